The van der Waals surface area contributed by atoms with Crippen LogP contribution >= 0.6 is 12.1 Å². The van der Waals surface area contributed by atoms with E-state index in [0.29, 0.717) is 5.92 Å². The van der Waals surface area contributed by atoms with Gasteiger partial charge in [0.25, 0.3) is 0 Å². The molecular formula is C24H37N5OS. The number of hydrogen-bond acceptors (Lipinski definition) is 5. The van der Waals surface area contributed by atoms with E-state index in [1.165, 1.54) is 11.9 Å². The Morgan fingerprint density at radius 3 is 2.68 bits per heavy atom. The molecule has 0 spiro atoms. The summed E-state index contributed by atoms with van der Waals surface area (Å²) in [6.45, 7) is 13.8. The quantitative estimate of drug-likeness (QED) is 0.272. The Labute approximate surface area is 191 Å². The molecule has 0 N–H and O–H groups in total. The maximum absolute atomic E-state index is 5.55. The molecule has 2 heterocycles. The molecule has 0 bridgehead atoms. The van der Waals surface area contributed by atoms with Gasteiger partial charge in [0.15, 0.2) is 0 Å². The molecule has 170 valence electrons. The molecule has 0 saturated carbocycles. The van der Waals surface area contributed by atoms with Crippen molar-refractivity contribution in [3.63, 3.8) is 0 Å². The smallest absolute Gasteiger partial charge is 0.115 e. The molecule has 0 radical (unpaired) electrons. The second kappa shape index (κ2) is 10.6. The standard InChI is InChI=1S/C24H37N5OS/c1-7-19(11-9-16-30-8-2)18-28-22-13-12-20(27(6)31-29-15-10-14-25-29)17-21(22)26-23(28)24(3,4)5/h10,12-15,17,19H,7-9,11,16,18H2,1-6H3. The first-order valence-electron chi connectivity index (χ1n) is 11.3. The molecule has 0 aliphatic heterocycles. The first-order chi connectivity index (χ1) is 14.8. The van der Waals surface area contributed by atoms with Crippen molar-refractivity contribution in [1.82, 2.24) is 18.7 Å². The number of imidazole rings is 1. The molecule has 0 fully saturated rings. The predicted octanol–water partition coefficient (Wildman–Crippen LogP) is 5.92. The van der Waals surface area contributed by atoms with Crippen molar-refractivity contribution < 1.29 is 4.74 Å². The molecule has 1 unspecified atom stereocenters. The van der Waals surface area contributed by atoms with Crippen molar-refractivity contribution in [3.8, 4) is 0 Å². The van der Waals surface area contributed by atoms with Crippen LogP contribution in [-0.2, 0) is 16.7 Å². The van der Waals surface area contributed by atoms with Crippen LogP contribution in [0.3, 0.4) is 0 Å². The molecule has 0 aliphatic rings. The molecule has 3 aromatic rings. The van der Waals surface area contributed by atoms with Crippen molar-refractivity contribution in [2.24, 2.45) is 5.92 Å². The van der Waals surface area contributed by atoms with Gasteiger partial charge in [0.2, 0.25) is 0 Å². The molecule has 1 atom stereocenters. The minimum atomic E-state index is -0.0154. The fourth-order valence-electron chi connectivity index (χ4n) is 3.85. The van der Waals surface area contributed by atoms with Crippen LogP contribution in [-0.4, -0.2) is 39.0 Å². The maximum Gasteiger partial charge on any atom is 0.115 e. The SMILES string of the molecule is CCOCCCC(CC)Cn1c(C(C)(C)C)nc2cc(N(C)Sn3cccn3)ccc21. The number of hydrogen-bond donors (Lipinski definition) is 0. The highest BCUT2D eigenvalue weighted by molar-refractivity contribution is 7.99. The van der Waals surface area contributed by atoms with Gasteiger partial charge in [-0.25, -0.2) is 4.98 Å². The third-order valence-electron chi connectivity index (χ3n) is 5.58. The van der Waals surface area contributed by atoms with Crippen LogP contribution < -0.4 is 4.31 Å². The number of anilines is 1. The third-order valence-corrected chi connectivity index (χ3v) is 6.41. The zero-order chi connectivity index (χ0) is 22.4. The third kappa shape index (κ3) is 6.04. The Morgan fingerprint density at radius 1 is 1.23 bits per heavy atom. The van der Waals surface area contributed by atoms with E-state index in [2.05, 4.69) is 73.8 Å². The van der Waals surface area contributed by atoms with E-state index in [4.69, 9.17) is 9.72 Å². The molecule has 7 heteroatoms. The summed E-state index contributed by atoms with van der Waals surface area (Å²) in [5.74, 6) is 1.78. The van der Waals surface area contributed by atoms with Gasteiger partial charge in [-0.2, -0.15) is 9.19 Å². The Kier molecular flexibility index (Phi) is 8.06. The average molecular weight is 444 g/mol. The van der Waals surface area contributed by atoms with Gasteiger partial charge in [-0.05, 0) is 49.9 Å². The van der Waals surface area contributed by atoms with Gasteiger partial charge in [0.05, 0.1) is 35.1 Å². The fraction of sp³-hybridized carbons (Fsp3) is 0.583. The average Bonchev–Trinajstić information content (AvgIpc) is 3.37. The van der Waals surface area contributed by atoms with E-state index in [9.17, 15) is 0 Å². The lowest BCUT2D eigenvalue weighted by Crippen LogP contribution is -2.22. The Morgan fingerprint density at radius 2 is 2.03 bits per heavy atom. The molecule has 0 amide bonds. The second-order valence-electron chi connectivity index (χ2n) is 9.07. The minimum Gasteiger partial charge on any atom is -0.382 e. The lowest BCUT2D eigenvalue weighted by atomic mass is 9.94. The summed E-state index contributed by atoms with van der Waals surface area (Å²) < 4.78 is 12.0. The topological polar surface area (TPSA) is 48.1 Å². The van der Waals surface area contributed by atoms with Crippen LogP contribution in [0, 0.1) is 5.92 Å². The highest BCUT2D eigenvalue weighted by Crippen LogP contribution is 2.31. The number of rotatable bonds is 11. The summed E-state index contributed by atoms with van der Waals surface area (Å²) in [5.41, 5.74) is 3.37. The van der Waals surface area contributed by atoms with Crippen molar-refractivity contribution in [2.45, 2.75) is 65.8 Å². The molecule has 3 rings (SSSR count). The number of aromatic nitrogens is 4. The Hall–Kier alpha value is -1.99. The molecule has 31 heavy (non-hydrogen) atoms. The summed E-state index contributed by atoms with van der Waals surface area (Å²) in [6.07, 6.45) is 7.20. The largest absolute Gasteiger partial charge is 0.382 e. The van der Waals surface area contributed by atoms with Gasteiger partial charge in [-0.15, -0.1) is 0 Å². The number of fused-ring (bicyclic) bond motifs is 1. The van der Waals surface area contributed by atoms with Crippen LogP contribution in [0.2, 0.25) is 0 Å². The summed E-state index contributed by atoms with van der Waals surface area (Å²) in [4.78, 5) is 5.10. The van der Waals surface area contributed by atoms with Crippen LogP contribution in [0.1, 0.15) is 59.7 Å². The second-order valence-corrected chi connectivity index (χ2v) is 10.2. The number of nitrogens with zero attached hydrogens (tertiary/aromatic N) is 5. The first-order valence-corrected chi connectivity index (χ1v) is 12.1. The van der Waals surface area contributed by atoms with Gasteiger partial charge >= 0.3 is 0 Å². The lowest BCUT2D eigenvalue weighted by molar-refractivity contribution is 0.138. The summed E-state index contributed by atoms with van der Waals surface area (Å²) >= 11 is 1.55. The highest BCUT2D eigenvalue weighted by Gasteiger charge is 2.24. The van der Waals surface area contributed by atoms with E-state index in [1.54, 1.807) is 18.3 Å². The summed E-state index contributed by atoms with van der Waals surface area (Å²) in [7, 11) is 2.06. The number of ether oxygens (including phenoxy) is 1. The maximum atomic E-state index is 5.55. The predicted molar refractivity (Wildman–Crippen MR) is 132 cm³/mol. The zero-order valence-electron chi connectivity index (χ0n) is 19.8. The Bertz CT molecular complexity index is 945. The van der Waals surface area contributed by atoms with Crippen LogP contribution in [0.5, 0.6) is 0 Å². The van der Waals surface area contributed by atoms with Crippen molar-refractivity contribution in [1.29, 1.82) is 0 Å². The monoisotopic (exact) mass is 443 g/mol. The van der Waals surface area contributed by atoms with Crippen molar-refractivity contribution >= 4 is 28.9 Å². The molecule has 1 aromatic carbocycles. The number of benzene rings is 1. The molecule has 0 aliphatic carbocycles. The Balaban J connectivity index is 1.86. The van der Waals surface area contributed by atoms with Gasteiger partial charge in [-0.3, -0.25) is 0 Å². The van der Waals surface area contributed by atoms with Crippen molar-refractivity contribution in [2.75, 3.05) is 24.6 Å². The molecular weight excluding hydrogens is 406 g/mol. The van der Waals surface area contributed by atoms with E-state index in [-0.39, 0.29) is 5.41 Å². The van der Waals surface area contributed by atoms with Crippen molar-refractivity contribution in [3.05, 3.63) is 42.5 Å². The fourth-order valence-corrected chi connectivity index (χ4v) is 4.53. The van der Waals surface area contributed by atoms with E-state index in [0.717, 1.165) is 49.6 Å². The van der Waals surface area contributed by atoms with Crippen LogP contribution in [0.25, 0.3) is 11.0 Å². The molecule has 0 saturated heterocycles. The zero-order valence-corrected chi connectivity index (χ0v) is 20.7. The highest BCUT2D eigenvalue weighted by atomic mass is 32.2. The van der Waals surface area contributed by atoms with Gasteiger partial charge < -0.3 is 13.6 Å². The van der Waals surface area contributed by atoms with Crippen LogP contribution in [0.15, 0.2) is 36.7 Å². The van der Waals surface area contributed by atoms with Crippen LogP contribution in [0.4, 0.5) is 5.69 Å². The minimum absolute atomic E-state index is 0.0154. The van der Waals surface area contributed by atoms with Gasteiger partial charge in [0, 0.05) is 38.4 Å². The summed E-state index contributed by atoms with van der Waals surface area (Å²) in [5, 5.41) is 4.28. The first kappa shape index (κ1) is 23.7. The van der Waals surface area contributed by atoms with E-state index < -0.39 is 0 Å². The lowest BCUT2D eigenvalue weighted by Gasteiger charge is -2.23. The van der Waals surface area contributed by atoms with Gasteiger partial charge in [0.1, 0.15) is 5.82 Å². The molecule has 6 nitrogen and oxygen atoms in total. The van der Waals surface area contributed by atoms with E-state index in [1.807, 2.05) is 16.4 Å². The normalized spacial score (nSPS) is 13.1. The van der Waals surface area contributed by atoms with Gasteiger partial charge in [-0.1, -0.05) is 34.1 Å². The summed E-state index contributed by atoms with van der Waals surface area (Å²) in [6, 6.07) is 8.52. The molecule has 2 aromatic heterocycles. The van der Waals surface area contributed by atoms with E-state index >= 15 is 0 Å².